The fraction of sp³-hybridized carbons (Fsp3) is 0.133. The van der Waals surface area contributed by atoms with Crippen molar-refractivity contribution in [2.24, 2.45) is 5.14 Å². The molecular formula is C15H15BrN2O3S2. The number of hydrogen-bond acceptors (Lipinski definition) is 4. The zero-order valence-corrected chi connectivity index (χ0v) is 15.4. The van der Waals surface area contributed by atoms with Crippen molar-refractivity contribution in [1.29, 1.82) is 0 Å². The summed E-state index contributed by atoms with van der Waals surface area (Å²) in [6, 6.07) is 13.5. The van der Waals surface area contributed by atoms with E-state index in [-0.39, 0.29) is 16.1 Å². The maximum atomic E-state index is 12.3. The Labute approximate surface area is 147 Å². The minimum absolute atomic E-state index is 0.0404. The summed E-state index contributed by atoms with van der Waals surface area (Å²) in [4.78, 5) is 13.2. The number of primary sulfonamides is 1. The third-order valence-corrected chi connectivity index (χ3v) is 5.98. The maximum absolute atomic E-state index is 12.3. The molecule has 0 saturated carbocycles. The molecule has 0 heterocycles. The van der Waals surface area contributed by atoms with Crippen LogP contribution >= 0.6 is 27.7 Å². The smallest absolute Gasteiger partial charge is 0.238 e. The largest absolute Gasteiger partial charge is 0.325 e. The first-order valence-electron chi connectivity index (χ1n) is 6.62. The number of amides is 1. The van der Waals surface area contributed by atoms with E-state index in [1.54, 1.807) is 13.0 Å². The number of nitrogens with one attached hydrogen (secondary N) is 1. The molecule has 0 aromatic heterocycles. The molecule has 0 aliphatic heterocycles. The van der Waals surface area contributed by atoms with Gasteiger partial charge >= 0.3 is 0 Å². The van der Waals surface area contributed by atoms with Crippen LogP contribution in [0.1, 0.15) is 6.92 Å². The average molecular weight is 415 g/mol. The molecule has 122 valence electrons. The Morgan fingerprint density at radius 3 is 2.57 bits per heavy atom. The van der Waals surface area contributed by atoms with Crippen LogP contribution in [0.5, 0.6) is 0 Å². The highest BCUT2D eigenvalue weighted by Crippen LogP contribution is 2.30. The fourth-order valence-electron chi connectivity index (χ4n) is 1.78. The van der Waals surface area contributed by atoms with Crippen molar-refractivity contribution in [3.8, 4) is 0 Å². The van der Waals surface area contributed by atoms with Gasteiger partial charge in [-0.3, -0.25) is 4.79 Å². The summed E-state index contributed by atoms with van der Waals surface area (Å²) in [5, 5.41) is 7.43. The Morgan fingerprint density at radius 2 is 1.91 bits per heavy atom. The van der Waals surface area contributed by atoms with Crippen molar-refractivity contribution in [2.45, 2.75) is 22.0 Å². The van der Waals surface area contributed by atoms with Crippen LogP contribution in [-0.2, 0) is 14.8 Å². The molecule has 2 aromatic carbocycles. The Bertz CT molecular complexity index is 825. The van der Waals surface area contributed by atoms with E-state index in [0.717, 1.165) is 9.37 Å². The Morgan fingerprint density at radius 1 is 1.22 bits per heavy atom. The number of thioether (sulfide) groups is 1. The summed E-state index contributed by atoms with van der Waals surface area (Å²) in [7, 11) is -3.80. The van der Waals surface area contributed by atoms with Gasteiger partial charge in [0.2, 0.25) is 15.9 Å². The molecule has 0 bridgehead atoms. The molecule has 1 amide bonds. The van der Waals surface area contributed by atoms with Gasteiger partial charge in [0.25, 0.3) is 0 Å². The van der Waals surface area contributed by atoms with E-state index in [1.165, 1.54) is 30.0 Å². The quantitative estimate of drug-likeness (QED) is 0.734. The Hall–Kier alpha value is -1.35. The molecule has 0 aliphatic carbocycles. The predicted octanol–water partition coefficient (Wildman–Crippen LogP) is 3.22. The number of carbonyl (C=O) groups excluding carboxylic acids is 1. The van der Waals surface area contributed by atoms with Crippen LogP contribution in [0.3, 0.4) is 0 Å². The molecule has 0 fully saturated rings. The number of rotatable bonds is 5. The highest BCUT2D eigenvalue weighted by molar-refractivity contribution is 9.10. The standard InChI is InChI=1S/C15H15BrN2O3S2/c1-10(22-14-8-3-2-7-13(14)16)15(19)18-11-5-4-6-12(9-11)23(17,20)21/h2-10H,1H3,(H,18,19)(H2,17,20,21)/t10-/m0/s1. The SMILES string of the molecule is C[C@H](Sc1ccccc1Br)C(=O)Nc1cccc(S(N)(=O)=O)c1. The molecule has 0 unspecified atom stereocenters. The summed E-state index contributed by atoms with van der Waals surface area (Å²) in [6.07, 6.45) is 0. The van der Waals surface area contributed by atoms with Gasteiger partial charge in [0, 0.05) is 15.1 Å². The van der Waals surface area contributed by atoms with Crippen LogP contribution in [0.15, 0.2) is 62.8 Å². The van der Waals surface area contributed by atoms with E-state index < -0.39 is 10.0 Å². The number of benzene rings is 2. The van der Waals surface area contributed by atoms with Crippen LogP contribution in [0.4, 0.5) is 5.69 Å². The molecule has 23 heavy (non-hydrogen) atoms. The molecule has 2 aromatic rings. The number of anilines is 1. The first-order chi connectivity index (χ1) is 10.8. The van der Waals surface area contributed by atoms with E-state index in [2.05, 4.69) is 21.2 Å². The minimum atomic E-state index is -3.80. The monoisotopic (exact) mass is 414 g/mol. The summed E-state index contributed by atoms with van der Waals surface area (Å²) in [6.45, 7) is 1.78. The predicted molar refractivity (Wildman–Crippen MR) is 95.9 cm³/mol. The molecule has 3 N–H and O–H groups in total. The van der Waals surface area contributed by atoms with E-state index in [0.29, 0.717) is 5.69 Å². The van der Waals surface area contributed by atoms with Gasteiger partial charge in [0.15, 0.2) is 0 Å². The van der Waals surface area contributed by atoms with E-state index in [4.69, 9.17) is 5.14 Å². The second kappa shape index (κ2) is 7.48. The molecule has 1 atom stereocenters. The lowest BCUT2D eigenvalue weighted by Gasteiger charge is -2.13. The van der Waals surface area contributed by atoms with Gasteiger partial charge in [-0.05, 0) is 53.2 Å². The molecule has 5 nitrogen and oxygen atoms in total. The normalized spacial score (nSPS) is 12.7. The van der Waals surface area contributed by atoms with Crippen molar-refractivity contribution in [1.82, 2.24) is 0 Å². The number of hydrogen-bond donors (Lipinski definition) is 2. The lowest BCUT2D eigenvalue weighted by molar-refractivity contribution is -0.115. The Balaban J connectivity index is 2.08. The third-order valence-electron chi connectivity index (χ3n) is 2.94. The molecule has 0 aliphatic rings. The van der Waals surface area contributed by atoms with Crippen molar-refractivity contribution < 1.29 is 13.2 Å². The third kappa shape index (κ3) is 5.07. The summed E-state index contributed by atoms with van der Waals surface area (Å²) < 4.78 is 23.6. The van der Waals surface area contributed by atoms with Crippen molar-refractivity contribution in [3.63, 3.8) is 0 Å². The number of sulfonamides is 1. The highest BCUT2D eigenvalue weighted by Gasteiger charge is 2.16. The zero-order valence-electron chi connectivity index (χ0n) is 12.2. The molecular weight excluding hydrogens is 400 g/mol. The van der Waals surface area contributed by atoms with Crippen LogP contribution in [0, 0.1) is 0 Å². The number of carbonyl (C=O) groups is 1. The average Bonchev–Trinajstić information content (AvgIpc) is 2.49. The van der Waals surface area contributed by atoms with Gasteiger partial charge in [-0.2, -0.15) is 0 Å². The zero-order chi connectivity index (χ0) is 17.0. The number of halogens is 1. The first kappa shape index (κ1) is 18.0. The van der Waals surface area contributed by atoms with E-state index >= 15 is 0 Å². The minimum Gasteiger partial charge on any atom is -0.325 e. The second-order valence-corrected chi connectivity index (χ2v) is 8.55. The van der Waals surface area contributed by atoms with Gasteiger partial charge < -0.3 is 5.32 Å². The molecule has 0 spiro atoms. The molecule has 0 saturated heterocycles. The van der Waals surface area contributed by atoms with E-state index in [9.17, 15) is 13.2 Å². The van der Waals surface area contributed by atoms with Crippen molar-refractivity contribution in [3.05, 3.63) is 53.0 Å². The molecule has 8 heteroatoms. The maximum Gasteiger partial charge on any atom is 0.238 e. The van der Waals surface area contributed by atoms with Gasteiger partial charge in [-0.25, -0.2) is 13.6 Å². The van der Waals surface area contributed by atoms with Crippen molar-refractivity contribution >= 4 is 49.3 Å². The van der Waals surface area contributed by atoms with E-state index in [1.807, 2.05) is 24.3 Å². The first-order valence-corrected chi connectivity index (χ1v) is 9.84. The topological polar surface area (TPSA) is 89.3 Å². The van der Waals surface area contributed by atoms with Crippen LogP contribution in [0.2, 0.25) is 0 Å². The molecule has 0 radical (unpaired) electrons. The lowest BCUT2D eigenvalue weighted by Crippen LogP contribution is -2.22. The lowest BCUT2D eigenvalue weighted by atomic mass is 10.3. The van der Waals surface area contributed by atoms with Crippen molar-refractivity contribution in [2.75, 3.05) is 5.32 Å². The number of nitrogens with two attached hydrogens (primary N) is 1. The Kier molecular flexibility index (Phi) is 5.85. The van der Waals surface area contributed by atoms with Gasteiger partial charge in [-0.15, -0.1) is 11.8 Å². The second-order valence-electron chi connectivity index (χ2n) is 4.75. The van der Waals surface area contributed by atoms with Crippen LogP contribution in [0.25, 0.3) is 0 Å². The fourth-order valence-corrected chi connectivity index (χ4v) is 3.79. The van der Waals surface area contributed by atoms with Crippen LogP contribution < -0.4 is 10.5 Å². The summed E-state index contributed by atoms with van der Waals surface area (Å²) in [5.74, 6) is -0.225. The molecule has 2 rings (SSSR count). The van der Waals surface area contributed by atoms with Crippen LogP contribution in [-0.4, -0.2) is 19.6 Å². The van der Waals surface area contributed by atoms with Gasteiger partial charge in [0.05, 0.1) is 10.1 Å². The van der Waals surface area contributed by atoms with Gasteiger partial charge in [-0.1, -0.05) is 18.2 Å². The summed E-state index contributed by atoms with van der Waals surface area (Å²) in [5.41, 5.74) is 0.390. The van der Waals surface area contributed by atoms with Gasteiger partial charge in [0.1, 0.15) is 0 Å². The highest BCUT2D eigenvalue weighted by atomic mass is 79.9. The summed E-state index contributed by atoms with van der Waals surface area (Å²) >= 11 is 4.84.